The molecule has 158 valence electrons. The number of hydrogen-bond donors (Lipinski definition) is 0. The van der Waals surface area contributed by atoms with Gasteiger partial charge in [-0.05, 0) is 60.9 Å². The van der Waals surface area contributed by atoms with E-state index in [-0.39, 0.29) is 18.3 Å². The SMILES string of the molecule is CCOC(=O)[C@@H]1C(=O)C=C(c2cc(OC)ccc2OC)C[C@H]1c1cccc(OC)c1. The highest BCUT2D eigenvalue weighted by Gasteiger charge is 2.40. The molecule has 0 heterocycles. The lowest BCUT2D eigenvalue weighted by molar-refractivity contribution is -0.151. The minimum absolute atomic E-state index is 0.216. The van der Waals surface area contributed by atoms with Crippen LogP contribution in [0, 0.1) is 5.92 Å². The van der Waals surface area contributed by atoms with E-state index in [1.165, 1.54) is 6.08 Å². The molecule has 1 aliphatic rings. The van der Waals surface area contributed by atoms with Crippen LogP contribution in [0.25, 0.3) is 5.57 Å². The lowest BCUT2D eigenvalue weighted by Gasteiger charge is -2.30. The van der Waals surface area contributed by atoms with E-state index >= 15 is 0 Å². The van der Waals surface area contributed by atoms with Crippen molar-refractivity contribution in [3.8, 4) is 17.2 Å². The molecule has 0 amide bonds. The molecule has 0 saturated carbocycles. The maximum absolute atomic E-state index is 13.1. The van der Waals surface area contributed by atoms with Crippen LogP contribution in [-0.4, -0.2) is 39.7 Å². The van der Waals surface area contributed by atoms with Gasteiger partial charge in [0.1, 0.15) is 23.2 Å². The van der Waals surface area contributed by atoms with Crippen LogP contribution in [0.1, 0.15) is 30.4 Å². The molecule has 3 rings (SSSR count). The van der Waals surface area contributed by atoms with Crippen molar-refractivity contribution in [2.24, 2.45) is 5.92 Å². The van der Waals surface area contributed by atoms with Gasteiger partial charge in [-0.1, -0.05) is 12.1 Å². The maximum Gasteiger partial charge on any atom is 0.317 e. The lowest BCUT2D eigenvalue weighted by Crippen LogP contribution is -2.34. The van der Waals surface area contributed by atoms with Gasteiger partial charge in [-0.3, -0.25) is 9.59 Å². The molecule has 2 atom stereocenters. The van der Waals surface area contributed by atoms with Crippen molar-refractivity contribution in [2.45, 2.75) is 19.3 Å². The topological polar surface area (TPSA) is 71.1 Å². The van der Waals surface area contributed by atoms with E-state index in [9.17, 15) is 9.59 Å². The third kappa shape index (κ3) is 4.32. The largest absolute Gasteiger partial charge is 0.497 e. The number of esters is 1. The average Bonchev–Trinajstić information content (AvgIpc) is 2.78. The van der Waals surface area contributed by atoms with Gasteiger partial charge in [-0.2, -0.15) is 0 Å². The summed E-state index contributed by atoms with van der Waals surface area (Å²) in [6.45, 7) is 1.95. The maximum atomic E-state index is 13.1. The molecular formula is C24H26O6. The summed E-state index contributed by atoms with van der Waals surface area (Å²) in [6.07, 6.45) is 1.99. The molecule has 6 heteroatoms. The first-order valence-electron chi connectivity index (χ1n) is 9.79. The quantitative estimate of drug-likeness (QED) is 0.507. The van der Waals surface area contributed by atoms with Crippen molar-refractivity contribution >= 4 is 17.3 Å². The number of rotatable bonds is 7. The molecule has 0 aromatic heterocycles. The van der Waals surface area contributed by atoms with E-state index < -0.39 is 11.9 Å². The third-order valence-electron chi connectivity index (χ3n) is 5.28. The zero-order valence-corrected chi connectivity index (χ0v) is 17.6. The smallest absolute Gasteiger partial charge is 0.317 e. The molecule has 2 aromatic carbocycles. The fourth-order valence-electron chi connectivity index (χ4n) is 3.82. The average molecular weight is 410 g/mol. The van der Waals surface area contributed by atoms with Gasteiger partial charge in [-0.25, -0.2) is 0 Å². The Hall–Kier alpha value is -3.28. The number of ketones is 1. The fraction of sp³-hybridized carbons (Fsp3) is 0.333. The molecule has 30 heavy (non-hydrogen) atoms. The monoisotopic (exact) mass is 410 g/mol. The van der Waals surface area contributed by atoms with Crippen molar-refractivity contribution in [1.29, 1.82) is 0 Å². The van der Waals surface area contributed by atoms with Crippen LogP contribution in [-0.2, 0) is 14.3 Å². The Kier molecular flexibility index (Phi) is 6.77. The number of benzene rings is 2. The minimum Gasteiger partial charge on any atom is -0.497 e. The van der Waals surface area contributed by atoms with Gasteiger partial charge < -0.3 is 18.9 Å². The first-order valence-corrected chi connectivity index (χ1v) is 9.79. The Labute approximate surface area is 176 Å². The molecule has 0 radical (unpaired) electrons. The summed E-state index contributed by atoms with van der Waals surface area (Å²) in [5, 5.41) is 0. The summed E-state index contributed by atoms with van der Waals surface area (Å²) in [5.41, 5.74) is 2.39. The molecule has 1 aliphatic carbocycles. The minimum atomic E-state index is -0.905. The molecule has 0 saturated heterocycles. The zero-order valence-electron chi connectivity index (χ0n) is 17.6. The van der Waals surface area contributed by atoms with E-state index in [1.54, 1.807) is 40.4 Å². The number of ether oxygens (including phenoxy) is 4. The summed E-state index contributed by atoms with van der Waals surface area (Å²) in [5.74, 6) is -0.133. The Morgan fingerprint density at radius 3 is 2.40 bits per heavy atom. The predicted octanol–water partition coefficient (Wildman–Crippen LogP) is 4.03. The van der Waals surface area contributed by atoms with Crippen LogP contribution in [0.2, 0.25) is 0 Å². The molecule has 0 unspecified atom stereocenters. The second-order valence-electron chi connectivity index (χ2n) is 6.96. The van der Waals surface area contributed by atoms with Crippen LogP contribution >= 0.6 is 0 Å². The summed E-state index contributed by atoms with van der Waals surface area (Å²) in [7, 11) is 4.75. The van der Waals surface area contributed by atoms with Crippen LogP contribution in [0.5, 0.6) is 17.2 Å². The van der Waals surface area contributed by atoms with Gasteiger partial charge in [0.15, 0.2) is 5.78 Å². The zero-order chi connectivity index (χ0) is 21.7. The van der Waals surface area contributed by atoms with Crippen molar-refractivity contribution in [2.75, 3.05) is 27.9 Å². The lowest BCUT2D eigenvalue weighted by atomic mass is 9.73. The Balaban J connectivity index is 2.09. The number of carbonyl (C=O) groups is 2. The van der Waals surface area contributed by atoms with E-state index in [4.69, 9.17) is 18.9 Å². The first kappa shape index (κ1) is 21.4. The molecule has 0 N–H and O–H groups in total. The van der Waals surface area contributed by atoms with Gasteiger partial charge in [0.25, 0.3) is 0 Å². The van der Waals surface area contributed by atoms with E-state index in [0.29, 0.717) is 23.7 Å². The second kappa shape index (κ2) is 9.48. The third-order valence-corrected chi connectivity index (χ3v) is 5.28. The molecule has 0 bridgehead atoms. The standard InChI is InChI=1S/C24H26O6/c1-5-30-24(26)23-20(15-7-6-8-17(11-15)27-2)12-16(13-21(23)25)19-14-18(28-3)9-10-22(19)29-4/h6-11,13-14,20,23H,5,12H2,1-4H3/t20-,23-/m0/s1. The van der Waals surface area contributed by atoms with Crippen LogP contribution < -0.4 is 14.2 Å². The van der Waals surface area contributed by atoms with Crippen LogP contribution in [0.3, 0.4) is 0 Å². The van der Waals surface area contributed by atoms with Gasteiger partial charge in [0.2, 0.25) is 0 Å². The Morgan fingerprint density at radius 2 is 1.73 bits per heavy atom. The Bertz CT molecular complexity index is 962. The van der Waals surface area contributed by atoms with E-state index in [0.717, 1.165) is 16.7 Å². The normalized spacial score (nSPS) is 18.4. The molecule has 0 aliphatic heterocycles. The van der Waals surface area contributed by atoms with Crippen molar-refractivity contribution in [3.63, 3.8) is 0 Å². The number of carbonyl (C=O) groups excluding carboxylic acids is 2. The van der Waals surface area contributed by atoms with Gasteiger partial charge in [0, 0.05) is 11.5 Å². The number of methoxy groups -OCH3 is 3. The van der Waals surface area contributed by atoms with Crippen LogP contribution in [0.4, 0.5) is 0 Å². The van der Waals surface area contributed by atoms with E-state index in [1.807, 2.05) is 30.3 Å². The molecule has 0 fully saturated rings. The molecular weight excluding hydrogens is 384 g/mol. The first-order chi connectivity index (χ1) is 14.5. The highest BCUT2D eigenvalue weighted by molar-refractivity contribution is 6.11. The number of allylic oxidation sites excluding steroid dienone is 2. The van der Waals surface area contributed by atoms with Gasteiger partial charge in [0.05, 0.1) is 27.9 Å². The highest BCUT2D eigenvalue weighted by Crippen LogP contribution is 2.43. The highest BCUT2D eigenvalue weighted by atomic mass is 16.5. The molecule has 2 aromatic rings. The van der Waals surface area contributed by atoms with E-state index in [2.05, 4.69) is 0 Å². The summed E-state index contributed by atoms with van der Waals surface area (Å²) in [6, 6.07) is 12.9. The summed E-state index contributed by atoms with van der Waals surface area (Å²) >= 11 is 0. The fourth-order valence-corrected chi connectivity index (χ4v) is 3.82. The molecule has 0 spiro atoms. The summed E-state index contributed by atoms with van der Waals surface area (Å²) < 4.78 is 21.4. The second-order valence-corrected chi connectivity index (χ2v) is 6.96. The Morgan fingerprint density at radius 1 is 1.00 bits per heavy atom. The summed E-state index contributed by atoms with van der Waals surface area (Å²) in [4.78, 5) is 25.8. The van der Waals surface area contributed by atoms with Gasteiger partial charge >= 0.3 is 5.97 Å². The van der Waals surface area contributed by atoms with Crippen molar-refractivity contribution in [3.05, 3.63) is 59.7 Å². The van der Waals surface area contributed by atoms with Crippen LogP contribution in [0.15, 0.2) is 48.5 Å². The van der Waals surface area contributed by atoms with Crippen molar-refractivity contribution < 1.29 is 28.5 Å². The van der Waals surface area contributed by atoms with Gasteiger partial charge in [-0.15, -0.1) is 0 Å². The number of hydrogen-bond acceptors (Lipinski definition) is 6. The predicted molar refractivity (Wildman–Crippen MR) is 113 cm³/mol. The molecule has 6 nitrogen and oxygen atoms in total. The van der Waals surface area contributed by atoms with Crippen molar-refractivity contribution in [1.82, 2.24) is 0 Å².